The molecule has 0 radical (unpaired) electrons. The molecule has 1 amide bonds. The number of hydrogen-bond acceptors (Lipinski definition) is 12. The maximum Gasteiger partial charge on any atom is 0.294 e. The Balaban J connectivity index is 1.32. The Morgan fingerprint density at radius 2 is 1.62 bits per heavy atom. The molecule has 0 fully saturated rings. The number of fused-ring (bicyclic) bond motifs is 2. The average molecular weight is 679 g/mol. The second-order valence-electron chi connectivity index (χ2n) is 10.1. The van der Waals surface area contributed by atoms with Crippen LogP contribution in [0.15, 0.2) is 79.1 Å². The molecule has 16 nitrogen and oxygen atoms in total. The molecule has 0 saturated heterocycles. The Morgan fingerprint density at radius 3 is 2.28 bits per heavy atom. The van der Waals surface area contributed by atoms with E-state index in [4.69, 9.17) is 5.26 Å². The predicted octanol–water partition coefficient (Wildman–Crippen LogP) is 2.04. The average Bonchev–Trinajstić information content (AvgIpc) is 3.54. The zero-order valence-electron chi connectivity index (χ0n) is 24.2. The smallest absolute Gasteiger partial charge is 0.294 e. The summed E-state index contributed by atoms with van der Waals surface area (Å²) in [5.41, 5.74) is 0.997. The number of carbonyl (C=O) groups is 1. The van der Waals surface area contributed by atoms with Crippen molar-refractivity contribution in [1.82, 2.24) is 19.7 Å². The number of anilines is 1. The zero-order chi connectivity index (χ0) is 33.6. The van der Waals surface area contributed by atoms with E-state index in [0.29, 0.717) is 21.7 Å². The van der Waals surface area contributed by atoms with Gasteiger partial charge in [0.15, 0.2) is 17.2 Å². The number of allylic oxidation sites excluding steroid dienone is 1. The third-order valence-corrected chi connectivity index (χ3v) is 8.82. The molecular weight excluding hydrogens is 656 g/mol. The van der Waals surface area contributed by atoms with Crippen LogP contribution in [0.3, 0.4) is 0 Å². The van der Waals surface area contributed by atoms with Crippen molar-refractivity contribution >= 4 is 45.9 Å². The molecule has 0 unspecified atom stereocenters. The molecule has 0 spiro atoms. The second kappa shape index (κ2) is 12.1. The fourth-order valence-electron chi connectivity index (χ4n) is 5.08. The number of rotatable bonds is 8. The van der Waals surface area contributed by atoms with Gasteiger partial charge in [0, 0.05) is 15.7 Å². The van der Waals surface area contributed by atoms with Gasteiger partial charge in [-0.05, 0) is 85.7 Å². The highest BCUT2D eigenvalue weighted by Crippen LogP contribution is 2.30. The predicted molar refractivity (Wildman–Crippen MR) is 167 cm³/mol. The molecule has 0 aliphatic carbocycles. The van der Waals surface area contributed by atoms with Crippen LogP contribution < -0.4 is 26.8 Å². The van der Waals surface area contributed by atoms with E-state index < -0.39 is 27.1 Å². The lowest BCUT2D eigenvalue weighted by Crippen LogP contribution is -2.38. The standard InChI is InChI=1S/C29H22N6O10S2/c1-14-20(26(36)30-24-22(14)28(38)34(32-24)16-6-10-18(11-7-16)46-45-44-40)4-3-5-21-15(2)23-25(31-27(21)37)33-35(29(23)39)17-8-12-19(13-9-17)47(41,42)43/h3-13,40H,1-2H3,(H,30,32,36)(H2,31,33,37)(H,41,42,43)/b5-3?,20-4-. The molecule has 240 valence electrons. The van der Waals surface area contributed by atoms with Gasteiger partial charge in [0.2, 0.25) is 0 Å². The topological polar surface area (TPSA) is 229 Å². The summed E-state index contributed by atoms with van der Waals surface area (Å²) in [4.78, 5) is 45.1. The van der Waals surface area contributed by atoms with E-state index in [1.54, 1.807) is 38.1 Å². The molecule has 18 heteroatoms. The number of nitrogens with one attached hydrogen (secondary N) is 2. The van der Waals surface area contributed by atoms with Gasteiger partial charge in [-0.2, -0.15) is 18.1 Å². The van der Waals surface area contributed by atoms with Crippen molar-refractivity contribution in [2.24, 2.45) is 5.10 Å². The number of amides is 1. The van der Waals surface area contributed by atoms with Crippen LogP contribution in [-0.2, 0) is 19.5 Å². The van der Waals surface area contributed by atoms with E-state index in [1.807, 2.05) is 0 Å². The summed E-state index contributed by atoms with van der Waals surface area (Å²) < 4.78 is 37.4. The molecule has 0 atom stereocenters. The molecule has 47 heavy (non-hydrogen) atoms. The number of aromatic amines is 2. The molecule has 1 aromatic heterocycles. The first-order chi connectivity index (χ1) is 22.4. The van der Waals surface area contributed by atoms with Crippen molar-refractivity contribution in [3.05, 3.63) is 108 Å². The lowest BCUT2D eigenvalue weighted by atomic mass is 10.0. The van der Waals surface area contributed by atoms with Crippen molar-refractivity contribution in [1.29, 1.82) is 0 Å². The fourth-order valence-corrected chi connectivity index (χ4v) is 5.92. The van der Waals surface area contributed by atoms with Crippen molar-refractivity contribution in [2.75, 3.05) is 5.01 Å². The Bertz CT molecular complexity index is 2420. The first-order valence-electron chi connectivity index (χ1n) is 13.4. The monoisotopic (exact) mass is 678 g/mol. The zero-order valence-corrected chi connectivity index (χ0v) is 25.8. The first-order valence-corrected chi connectivity index (χ1v) is 15.6. The molecule has 4 heterocycles. The minimum atomic E-state index is -4.43. The van der Waals surface area contributed by atoms with Crippen LogP contribution in [-0.4, -0.2) is 49.0 Å². The number of H-pyrrole nitrogens is 2. The third-order valence-electron chi connectivity index (χ3n) is 7.36. The van der Waals surface area contributed by atoms with Crippen molar-refractivity contribution in [3.63, 3.8) is 0 Å². The van der Waals surface area contributed by atoms with Crippen LogP contribution in [0.1, 0.15) is 27.0 Å². The lowest BCUT2D eigenvalue weighted by molar-refractivity contribution is -0.432. The van der Waals surface area contributed by atoms with Crippen LogP contribution in [0, 0.1) is 13.8 Å². The summed E-state index contributed by atoms with van der Waals surface area (Å²) in [6.45, 7) is 3.21. The SMILES string of the molecule is Cc1c(C=C/C=c2/c(C)c3c([nH]c2=O)=NN(c2ccc(SOOO)cc2)C3=O)c(O)[nH]c2nn(-c3ccc(S(=O)(=O)O)cc3)c(=O)c1-2. The molecule has 6 rings (SSSR count). The van der Waals surface area contributed by atoms with Gasteiger partial charge >= 0.3 is 0 Å². The van der Waals surface area contributed by atoms with Crippen LogP contribution in [0.25, 0.3) is 29.2 Å². The van der Waals surface area contributed by atoms with Crippen molar-refractivity contribution < 1.29 is 37.5 Å². The molecule has 3 aromatic rings. The summed E-state index contributed by atoms with van der Waals surface area (Å²) >= 11 is 0.751. The van der Waals surface area contributed by atoms with E-state index in [0.717, 1.165) is 33.9 Å². The largest absolute Gasteiger partial charge is 0.494 e. The van der Waals surface area contributed by atoms with Crippen LogP contribution in [0.2, 0.25) is 0 Å². The fraction of sp³-hybridized carbons (Fsp3) is 0.0690. The van der Waals surface area contributed by atoms with Crippen LogP contribution >= 0.6 is 12.0 Å². The quantitative estimate of drug-likeness (QED) is 0.0687. The van der Waals surface area contributed by atoms with Gasteiger partial charge in [-0.3, -0.25) is 18.9 Å². The van der Waals surface area contributed by atoms with Crippen LogP contribution in [0.5, 0.6) is 5.88 Å². The Labute approximate surface area is 267 Å². The molecule has 3 aliphatic heterocycles. The van der Waals surface area contributed by atoms with Gasteiger partial charge in [0.05, 0.1) is 39.4 Å². The number of benzene rings is 2. The van der Waals surface area contributed by atoms with E-state index >= 15 is 0 Å². The summed E-state index contributed by atoms with van der Waals surface area (Å²) in [6.07, 6.45) is 4.42. The van der Waals surface area contributed by atoms with E-state index in [-0.39, 0.29) is 49.7 Å². The number of aromatic nitrogens is 4. The molecule has 3 aliphatic rings. The number of carbonyl (C=O) groups excluding carboxylic acids is 1. The van der Waals surface area contributed by atoms with E-state index in [1.165, 1.54) is 30.4 Å². The molecule has 0 saturated carbocycles. The Kier molecular flexibility index (Phi) is 8.13. The highest BCUT2D eigenvalue weighted by Gasteiger charge is 2.28. The van der Waals surface area contributed by atoms with E-state index in [9.17, 15) is 32.5 Å². The second-order valence-corrected chi connectivity index (χ2v) is 12.3. The van der Waals surface area contributed by atoms with E-state index in [2.05, 4.69) is 29.5 Å². The van der Waals surface area contributed by atoms with Gasteiger partial charge < -0.3 is 15.1 Å². The molecule has 0 bridgehead atoms. The maximum absolute atomic E-state index is 13.3. The lowest BCUT2D eigenvalue weighted by Gasteiger charge is -2.12. The van der Waals surface area contributed by atoms with Gasteiger partial charge in [-0.15, -0.1) is 14.5 Å². The maximum atomic E-state index is 13.3. The van der Waals surface area contributed by atoms with Crippen molar-refractivity contribution in [2.45, 2.75) is 23.6 Å². The number of hydrogen-bond donors (Lipinski definition) is 5. The number of pyridine rings is 2. The Morgan fingerprint density at radius 1 is 0.936 bits per heavy atom. The summed E-state index contributed by atoms with van der Waals surface area (Å²) in [5.74, 6) is -0.706. The van der Waals surface area contributed by atoms with Crippen LogP contribution in [0.4, 0.5) is 5.69 Å². The van der Waals surface area contributed by atoms with Gasteiger partial charge in [0.25, 0.3) is 27.1 Å². The Hall–Kier alpha value is -5.37. The third kappa shape index (κ3) is 5.76. The van der Waals surface area contributed by atoms with Crippen molar-refractivity contribution in [3.8, 4) is 23.0 Å². The summed E-state index contributed by atoms with van der Waals surface area (Å²) in [6, 6.07) is 11.3. The highest BCUT2D eigenvalue weighted by atomic mass is 32.2. The highest BCUT2D eigenvalue weighted by molar-refractivity contribution is 7.94. The number of nitrogens with zero attached hydrogens (tertiary/aromatic N) is 4. The molecule has 5 N–H and O–H groups in total. The summed E-state index contributed by atoms with van der Waals surface area (Å²) in [7, 11) is -4.43. The minimum absolute atomic E-state index is 0.0728. The molecular formula is C29H22N6O10S2. The minimum Gasteiger partial charge on any atom is -0.494 e. The van der Waals surface area contributed by atoms with Gasteiger partial charge in [-0.25, -0.2) is 5.26 Å². The molecule has 2 aromatic carbocycles. The van der Waals surface area contributed by atoms with Gasteiger partial charge in [0.1, 0.15) is 0 Å². The number of aromatic hydroxyl groups is 1. The summed E-state index contributed by atoms with van der Waals surface area (Å²) in [5, 5.41) is 32.4. The normalized spacial score (nSPS) is 13.6. The van der Waals surface area contributed by atoms with Gasteiger partial charge in [-0.1, -0.05) is 11.1 Å². The first kappa shape index (κ1) is 31.6.